The predicted molar refractivity (Wildman–Crippen MR) is 51.5 cm³/mol. The Balaban J connectivity index is 2.49. The van der Waals surface area contributed by atoms with E-state index in [4.69, 9.17) is 5.73 Å². The first-order chi connectivity index (χ1) is 5.86. The Bertz CT molecular complexity index is 348. The van der Waals surface area contributed by atoms with E-state index < -0.39 is 0 Å². The zero-order valence-electron chi connectivity index (χ0n) is 6.83. The lowest BCUT2D eigenvalue weighted by Crippen LogP contribution is -2.00. The minimum atomic E-state index is 0.864. The summed E-state index contributed by atoms with van der Waals surface area (Å²) in [6.45, 7) is 0. The number of rotatable bonds is 0. The first kappa shape index (κ1) is 7.17. The average molecular weight is 157 g/mol. The van der Waals surface area contributed by atoms with E-state index in [1.165, 1.54) is 11.1 Å². The molecular formula is C11H11N. The van der Waals surface area contributed by atoms with Crippen molar-refractivity contribution in [2.75, 3.05) is 0 Å². The van der Waals surface area contributed by atoms with Gasteiger partial charge in [-0.1, -0.05) is 36.4 Å². The van der Waals surface area contributed by atoms with Gasteiger partial charge < -0.3 is 5.73 Å². The third-order valence-electron chi connectivity index (χ3n) is 2.04. The average Bonchev–Trinajstić information content (AvgIpc) is 2.25. The van der Waals surface area contributed by atoms with E-state index >= 15 is 0 Å². The SMILES string of the molecule is NC1=CC=Cc2ccccc2C1. The highest BCUT2D eigenvalue weighted by molar-refractivity contribution is 5.57. The Morgan fingerprint density at radius 2 is 2.00 bits per heavy atom. The maximum absolute atomic E-state index is 5.76. The van der Waals surface area contributed by atoms with Crippen LogP contribution in [0.5, 0.6) is 0 Å². The van der Waals surface area contributed by atoms with Gasteiger partial charge in [-0.05, 0) is 17.2 Å². The van der Waals surface area contributed by atoms with Crippen molar-refractivity contribution in [2.24, 2.45) is 5.73 Å². The van der Waals surface area contributed by atoms with Crippen LogP contribution >= 0.6 is 0 Å². The highest BCUT2D eigenvalue weighted by Gasteiger charge is 2.01. The first-order valence-electron chi connectivity index (χ1n) is 4.07. The molecule has 0 radical (unpaired) electrons. The Morgan fingerprint density at radius 3 is 2.92 bits per heavy atom. The minimum Gasteiger partial charge on any atom is -0.402 e. The number of hydrogen-bond donors (Lipinski definition) is 1. The van der Waals surface area contributed by atoms with Crippen molar-refractivity contribution >= 4 is 6.08 Å². The highest BCUT2D eigenvalue weighted by Crippen LogP contribution is 2.16. The van der Waals surface area contributed by atoms with Crippen LogP contribution in [0.3, 0.4) is 0 Å². The molecule has 1 aliphatic carbocycles. The summed E-state index contributed by atoms with van der Waals surface area (Å²) in [5.74, 6) is 0. The molecule has 0 saturated heterocycles. The maximum atomic E-state index is 5.76. The molecule has 12 heavy (non-hydrogen) atoms. The Kier molecular flexibility index (Phi) is 1.71. The molecule has 60 valence electrons. The minimum absolute atomic E-state index is 0.864. The molecule has 0 unspecified atom stereocenters. The first-order valence-corrected chi connectivity index (χ1v) is 4.07. The van der Waals surface area contributed by atoms with Crippen LogP contribution in [-0.4, -0.2) is 0 Å². The summed E-state index contributed by atoms with van der Waals surface area (Å²) < 4.78 is 0. The highest BCUT2D eigenvalue weighted by atomic mass is 14.6. The molecule has 1 aromatic rings. The van der Waals surface area contributed by atoms with Crippen LogP contribution in [0, 0.1) is 0 Å². The van der Waals surface area contributed by atoms with E-state index in [1.54, 1.807) is 0 Å². The monoisotopic (exact) mass is 157 g/mol. The summed E-state index contributed by atoms with van der Waals surface area (Å²) in [4.78, 5) is 0. The fourth-order valence-electron chi connectivity index (χ4n) is 1.41. The van der Waals surface area contributed by atoms with Crippen molar-refractivity contribution in [1.82, 2.24) is 0 Å². The molecule has 0 fully saturated rings. The number of hydrogen-bond acceptors (Lipinski definition) is 1. The normalized spacial score (nSPS) is 14.8. The summed E-state index contributed by atoms with van der Waals surface area (Å²) in [6.07, 6.45) is 6.92. The zero-order valence-corrected chi connectivity index (χ0v) is 6.83. The van der Waals surface area contributed by atoms with Gasteiger partial charge in [-0.3, -0.25) is 0 Å². The van der Waals surface area contributed by atoms with Gasteiger partial charge in [-0.25, -0.2) is 0 Å². The second-order valence-corrected chi connectivity index (χ2v) is 2.98. The summed E-state index contributed by atoms with van der Waals surface area (Å²) >= 11 is 0. The smallest absolute Gasteiger partial charge is 0.0127 e. The van der Waals surface area contributed by atoms with Gasteiger partial charge in [-0.2, -0.15) is 0 Å². The molecule has 0 spiro atoms. The van der Waals surface area contributed by atoms with Crippen LogP contribution in [0.1, 0.15) is 11.1 Å². The van der Waals surface area contributed by atoms with E-state index in [9.17, 15) is 0 Å². The molecular weight excluding hydrogens is 146 g/mol. The van der Waals surface area contributed by atoms with Crippen LogP contribution in [0.2, 0.25) is 0 Å². The van der Waals surface area contributed by atoms with Gasteiger partial charge in [0.15, 0.2) is 0 Å². The van der Waals surface area contributed by atoms with Crippen LogP contribution < -0.4 is 5.73 Å². The lowest BCUT2D eigenvalue weighted by atomic mass is 10.0. The van der Waals surface area contributed by atoms with Crippen LogP contribution in [0.25, 0.3) is 6.08 Å². The van der Waals surface area contributed by atoms with Crippen molar-refractivity contribution < 1.29 is 0 Å². The molecule has 1 nitrogen and oxygen atoms in total. The van der Waals surface area contributed by atoms with Crippen molar-refractivity contribution in [3.05, 3.63) is 53.2 Å². The molecule has 2 N–H and O–H groups in total. The Labute approximate surface area is 72.2 Å². The molecule has 0 bridgehead atoms. The number of nitrogens with two attached hydrogens (primary N) is 1. The molecule has 2 rings (SSSR count). The molecule has 0 aliphatic heterocycles. The van der Waals surface area contributed by atoms with Gasteiger partial charge in [0, 0.05) is 12.1 Å². The molecule has 0 saturated carbocycles. The van der Waals surface area contributed by atoms with E-state index in [0.29, 0.717) is 0 Å². The van der Waals surface area contributed by atoms with E-state index in [0.717, 1.165) is 12.1 Å². The summed E-state index contributed by atoms with van der Waals surface area (Å²) in [7, 11) is 0. The largest absolute Gasteiger partial charge is 0.402 e. The molecule has 0 aromatic heterocycles. The second-order valence-electron chi connectivity index (χ2n) is 2.98. The van der Waals surface area contributed by atoms with E-state index in [1.807, 2.05) is 24.3 Å². The third-order valence-corrected chi connectivity index (χ3v) is 2.04. The van der Waals surface area contributed by atoms with Crippen LogP contribution in [-0.2, 0) is 6.42 Å². The molecule has 0 heterocycles. The quantitative estimate of drug-likeness (QED) is 0.613. The lowest BCUT2D eigenvalue weighted by molar-refractivity contribution is 1.11. The molecule has 1 heteroatoms. The molecule has 1 aromatic carbocycles. The lowest BCUT2D eigenvalue weighted by Gasteiger charge is -2.02. The van der Waals surface area contributed by atoms with Gasteiger partial charge in [0.1, 0.15) is 0 Å². The number of fused-ring (bicyclic) bond motifs is 1. The maximum Gasteiger partial charge on any atom is 0.0127 e. The van der Waals surface area contributed by atoms with Gasteiger partial charge in [0.05, 0.1) is 0 Å². The Hall–Kier alpha value is -1.50. The molecule has 1 aliphatic rings. The Morgan fingerprint density at radius 1 is 1.17 bits per heavy atom. The van der Waals surface area contributed by atoms with Gasteiger partial charge in [0.25, 0.3) is 0 Å². The number of allylic oxidation sites excluding steroid dienone is 3. The van der Waals surface area contributed by atoms with Gasteiger partial charge >= 0.3 is 0 Å². The summed E-state index contributed by atoms with van der Waals surface area (Å²) in [5.41, 5.74) is 9.26. The zero-order chi connectivity index (χ0) is 8.39. The predicted octanol–water partition coefficient (Wildman–Crippen LogP) is 2.10. The van der Waals surface area contributed by atoms with Gasteiger partial charge in [-0.15, -0.1) is 0 Å². The summed E-state index contributed by atoms with van der Waals surface area (Å²) in [6, 6.07) is 8.32. The van der Waals surface area contributed by atoms with Crippen molar-refractivity contribution in [3.8, 4) is 0 Å². The fourth-order valence-corrected chi connectivity index (χ4v) is 1.41. The van der Waals surface area contributed by atoms with E-state index in [2.05, 4.69) is 18.2 Å². The van der Waals surface area contributed by atoms with Gasteiger partial charge in [0.2, 0.25) is 0 Å². The second kappa shape index (κ2) is 2.86. The van der Waals surface area contributed by atoms with Crippen LogP contribution in [0.4, 0.5) is 0 Å². The standard InChI is InChI=1S/C11H11N/c12-11-7-3-6-9-4-1-2-5-10(9)8-11/h1-7H,8,12H2. The van der Waals surface area contributed by atoms with Crippen molar-refractivity contribution in [1.29, 1.82) is 0 Å². The number of benzene rings is 1. The van der Waals surface area contributed by atoms with Crippen molar-refractivity contribution in [2.45, 2.75) is 6.42 Å². The van der Waals surface area contributed by atoms with Crippen molar-refractivity contribution in [3.63, 3.8) is 0 Å². The van der Waals surface area contributed by atoms with Crippen LogP contribution in [0.15, 0.2) is 42.1 Å². The van der Waals surface area contributed by atoms with E-state index in [-0.39, 0.29) is 0 Å². The molecule has 0 atom stereocenters. The third kappa shape index (κ3) is 1.26. The topological polar surface area (TPSA) is 26.0 Å². The summed E-state index contributed by atoms with van der Waals surface area (Å²) in [5, 5.41) is 0. The molecule has 0 amide bonds. The fraction of sp³-hybridized carbons (Fsp3) is 0.0909.